The number of hydrogen-bond acceptors (Lipinski definition) is 1. The number of nitrogens with zero attached hydrogens (tertiary/aromatic N) is 1. The molecular weight excluding hydrogens is 242 g/mol. The molecule has 0 spiro atoms. The van der Waals surface area contributed by atoms with Crippen molar-refractivity contribution in [3.05, 3.63) is 70.8 Å². The highest BCUT2D eigenvalue weighted by Gasteiger charge is 2.51. The van der Waals surface area contributed by atoms with Crippen LogP contribution in [0.1, 0.15) is 48.6 Å². The lowest BCUT2D eigenvalue weighted by molar-refractivity contribution is 0.0957. The minimum absolute atomic E-state index is 0.0616. The van der Waals surface area contributed by atoms with Crippen molar-refractivity contribution in [2.75, 3.05) is 6.54 Å². The first-order valence-electron chi connectivity index (χ1n) is 7.71. The summed E-state index contributed by atoms with van der Waals surface area (Å²) in [7, 11) is 0. The van der Waals surface area contributed by atoms with E-state index in [0.717, 1.165) is 6.42 Å². The summed E-state index contributed by atoms with van der Waals surface area (Å²) in [6.45, 7) is 5.87. The van der Waals surface area contributed by atoms with E-state index in [9.17, 15) is 0 Å². The average Bonchev–Trinajstić information content (AvgIpc) is 2.65. The molecule has 2 aromatic rings. The van der Waals surface area contributed by atoms with Crippen molar-refractivity contribution in [2.45, 2.75) is 38.3 Å². The van der Waals surface area contributed by atoms with E-state index < -0.39 is 0 Å². The van der Waals surface area contributed by atoms with Crippen molar-refractivity contribution in [1.29, 1.82) is 0 Å². The van der Waals surface area contributed by atoms with E-state index in [0.29, 0.717) is 6.04 Å². The van der Waals surface area contributed by atoms with Crippen LogP contribution in [-0.2, 0) is 12.0 Å². The normalized spacial score (nSPS) is 27.2. The SMILES string of the molecule is CCCN1[C@@H]2Cc3ccccc3[C@@]1(C)c1ccccc12. The molecule has 2 heterocycles. The van der Waals surface area contributed by atoms with E-state index in [4.69, 9.17) is 0 Å². The molecule has 0 saturated carbocycles. The van der Waals surface area contributed by atoms with Gasteiger partial charge in [0.05, 0.1) is 5.54 Å². The Balaban J connectivity index is 2.00. The van der Waals surface area contributed by atoms with Gasteiger partial charge in [0.2, 0.25) is 0 Å². The van der Waals surface area contributed by atoms with Crippen LogP contribution >= 0.6 is 0 Å². The first-order valence-corrected chi connectivity index (χ1v) is 7.71. The molecule has 0 fully saturated rings. The largest absolute Gasteiger partial charge is 0.283 e. The molecule has 0 amide bonds. The summed E-state index contributed by atoms with van der Waals surface area (Å²) in [6, 6.07) is 18.6. The number of rotatable bonds is 2. The molecule has 0 aliphatic carbocycles. The maximum Gasteiger partial charge on any atom is 0.0698 e. The monoisotopic (exact) mass is 263 g/mol. The van der Waals surface area contributed by atoms with Gasteiger partial charge >= 0.3 is 0 Å². The summed E-state index contributed by atoms with van der Waals surface area (Å²) in [5, 5.41) is 0. The molecule has 2 aromatic carbocycles. The van der Waals surface area contributed by atoms with Crippen molar-refractivity contribution in [1.82, 2.24) is 4.90 Å². The van der Waals surface area contributed by atoms with Crippen molar-refractivity contribution in [2.24, 2.45) is 0 Å². The predicted molar refractivity (Wildman–Crippen MR) is 82.8 cm³/mol. The minimum atomic E-state index is 0.0616. The van der Waals surface area contributed by atoms with E-state index in [1.165, 1.54) is 29.7 Å². The van der Waals surface area contributed by atoms with Crippen LogP contribution in [0.2, 0.25) is 0 Å². The van der Waals surface area contributed by atoms with Gasteiger partial charge in [0.25, 0.3) is 0 Å². The third kappa shape index (κ3) is 1.36. The van der Waals surface area contributed by atoms with Gasteiger partial charge in [-0.3, -0.25) is 4.90 Å². The Hall–Kier alpha value is -1.60. The second kappa shape index (κ2) is 4.20. The molecule has 0 aromatic heterocycles. The highest BCUT2D eigenvalue weighted by atomic mass is 15.3. The summed E-state index contributed by atoms with van der Waals surface area (Å²) in [5.74, 6) is 0. The Morgan fingerprint density at radius 1 is 1.05 bits per heavy atom. The highest BCUT2D eigenvalue weighted by molar-refractivity contribution is 5.54. The lowest BCUT2D eigenvalue weighted by Gasteiger charge is -2.44. The fraction of sp³-hybridized carbons (Fsp3) is 0.368. The van der Waals surface area contributed by atoms with Crippen LogP contribution in [0.3, 0.4) is 0 Å². The van der Waals surface area contributed by atoms with Crippen molar-refractivity contribution in [3.8, 4) is 0 Å². The Kier molecular flexibility index (Phi) is 2.55. The molecule has 2 aliphatic rings. The average molecular weight is 263 g/mol. The van der Waals surface area contributed by atoms with Gasteiger partial charge in [-0.2, -0.15) is 0 Å². The van der Waals surface area contributed by atoms with Gasteiger partial charge in [-0.05, 0) is 48.6 Å². The molecular formula is C19H21N. The number of benzene rings is 2. The summed E-state index contributed by atoms with van der Waals surface area (Å²) >= 11 is 0. The van der Waals surface area contributed by atoms with Crippen molar-refractivity contribution in [3.63, 3.8) is 0 Å². The smallest absolute Gasteiger partial charge is 0.0698 e. The van der Waals surface area contributed by atoms with Crippen LogP contribution in [0.15, 0.2) is 48.5 Å². The molecule has 1 heteroatoms. The van der Waals surface area contributed by atoms with Gasteiger partial charge in [0.15, 0.2) is 0 Å². The van der Waals surface area contributed by atoms with Crippen LogP contribution in [0.5, 0.6) is 0 Å². The summed E-state index contributed by atoms with van der Waals surface area (Å²) in [5.41, 5.74) is 6.16. The molecule has 1 nitrogen and oxygen atoms in total. The lowest BCUT2D eigenvalue weighted by Crippen LogP contribution is -2.45. The molecule has 4 rings (SSSR count). The topological polar surface area (TPSA) is 3.24 Å². The molecule has 0 saturated heterocycles. The first kappa shape index (κ1) is 12.2. The molecule has 0 unspecified atom stereocenters. The number of fused-ring (bicyclic) bond motifs is 7. The summed E-state index contributed by atoms with van der Waals surface area (Å²) in [6.07, 6.45) is 2.37. The summed E-state index contributed by atoms with van der Waals surface area (Å²) < 4.78 is 0. The van der Waals surface area contributed by atoms with Gasteiger partial charge in [-0.1, -0.05) is 55.5 Å². The van der Waals surface area contributed by atoms with Gasteiger partial charge in [0, 0.05) is 6.04 Å². The maximum atomic E-state index is 2.72. The molecule has 20 heavy (non-hydrogen) atoms. The maximum absolute atomic E-state index is 2.72. The molecule has 102 valence electrons. The standard InChI is InChI=1S/C19H21N/c1-3-12-20-18-13-14-8-4-6-10-16(14)19(20,2)17-11-7-5-9-15(17)18/h4-11,18H,3,12-13H2,1-2H3/t18-,19+/m1/s1. The Labute approximate surface area is 121 Å². The van der Waals surface area contributed by atoms with Crippen LogP contribution < -0.4 is 0 Å². The molecule has 2 bridgehead atoms. The summed E-state index contributed by atoms with van der Waals surface area (Å²) in [4.78, 5) is 2.72. The van der Waals surface area contributed by atoms with Gasteiger partial charge in [0.1, 0.15) is 0 Å². The molecule has 0 N–H and O–H groups in total. The fourth-order valence-electron chi connectivity index (χ4n) is 4.39. The van der Waals surface area contributed by atoms with Gasteiger partial charge in [-0.15, -0.1) is 0 Å². The van der Waals surface area contributed by atoms with Crippen LogP contribution in [0.4, 0.5) is 0 Å². The zero-order valence-corrected chi connectivity index (χ0v) is 12.3. The zero-order chi connectivity index (χ0) is 13.7. The second-order valence-corrected chi connectivity index (χ2v) is 6.23. The number of hydrogen-bond donors (Lipinski definition) is 0. The fourth-order valence-corrected chi connectivity index (χ4v) is 4.39. The molecule has 2 atom stereocenters. The van der Waals surface area contributed by atoms with Crippen molar-refractivity contribution < 1.29 is 0 Å². The van der Waals surface area contributed by atoms with E-state index in [2.05, 4.69) is 67.3 Å². The quantitative estimate of drug-likeness (QED) is 0.782. The predicted octanol–water partition coefficient (Wildman–Crippen LogP) is 4.27. The van der Waals surface area contributed by atoms with Gasteiger partial charge < -0.3 is 0 Å². The van der Waals surface area contributed by atoms with Crippen LogP contribution in [0.25, 0.3) is 0 Å². The third-order valence-electron chi connectivity index (χ3n) is 5.21. The third-order valence-corrected chi connectivity index (χ3v) is 5.21. The van der Waals surface area contributed by atoms with Crippen molar-refractivity contribution >= 4 is 0 Å². The Morgan fingerprint density at radius 3 is 2.55 bits per heavy atom. The van der Waals surface area contributed by atoms with E-state index in [1.807, 2.05) is 0 Å². The Morgan fingerprint density at radius 2 is 1.75 bits per heavy atom. The first-order chi connectivity index (χ1) is 9.76. The highest BCUT2D eigenvalue weighted by Crippen LogP contribution is 2.55. The molecule has 2 aliphatic heterocycles. The van der Waals surface area contributed by atoms with Crippen LogP contribution in [0, 0.1) is 0 Å². The van der Waals surface area contributed by atoms with E-state index in [-0.39, 0.29) is 5.54 Å². The minimum Gasteiger partial charge on any atom is -0.283 e. The lowest BCUT2D eigenvalue weighted by atomic mass is 9.80. The van der Waals surface area contributed by atoms with E-state index in [1.54, 1.807) is 5.56 Å². The van der Waals surface area contributed by atoms with Crippen LogP contribution in [-0.4, -0.2) is 11.4 Å². The van der Waals surface area contributed by atoms with Gasteiger partial charge in [-0.25, -0.2) is 0 Å². The Bertz CT molecular complexity index is 647. The second-order valence-electron chi connectivity index (χ2n) is 6.23. The molecule has 0 radical (unpaired) electrons. The zero-order valence-electron chi connectivity index (χ0n) is 12.3. The van der Waals surface area contributed by atoms with E-state index >= 15 is 0 Å².